The molecule has 3 atom stereocenters. The van der Waals surface area contributed by atoms with Gasteiger partial charge in [-0.25, -0.2) is 0 Å². The Morgan fingerprint density at radius 1 is 1.09 bits per heavy atom. The van der Waals surface area contributed by atoms with Crippen LogP contribution in [0.3, 0.4) is 0 Å². The summed E-state index contributed by atoms with van der Waals surface area (Å²) in [6.45, 7) is 9.00. The van der Waals surface area contributed by atoms with Crippen molar-refractivity contribution >= 4 is 67.8 Å². The van der Waals surface area contributed by atoms with Crippen LogP contribution >= 0.6 is 67.8 Å². The Balaban J connectivity index is 2.28. The van der Waals surface area contributed by atoms with E-state index >= 15 is 0 Å². The Morgan fingerprint density at radius 2 is 1.77 bits per heavy atom. The van der Waals surface area contributed by atoms with E-state index in [1.54, 1.807) is 0 Å². The quantitative estimate of drug-likeness (QED) is 0.282. The van der Waals surface area contributed by atoms with E-state index in [1.165, 1.54) is 16.3 Å². The first kappa shape index (κ1) is 19.7. The second kappa shape index (κ2) is 8.62. The molecule has 1 aliphatic heterocycles. The molecule has 1 aliphatic rings. The largest absolute Gasteiger partial charge is 0.345 e. The van der Waals surface area contributed by atoms with E-state index in [9.17, 15) is 0 Å². The summed E-state index contributed by atoms with van der Waals surface area (Å²) < 4.78 is 16.4. The van der Waals surface area contributed by atoms with E-state index in [1.807, 2.05) is 0 Å². The van der Waals surface area contributed by atoms with Crippen LogP contribution in [0.5, 0.6) is 0 Å². The molecule has 2 rings (SSSR count). The number of hydrogen-bond acceptors (Lipinski definition) is 2. The molecule has 1 fully saturated rings. The van der Waals surface area contributed by atoms with E-state index in [-0.39, 0.29) is 18.5 Å². The molecule has 124 valence electrons. The van der Waals surface area contributed by atoms with Gasteiger partial charge in [0.25, 0.3) is 0 Å². The van der Waals surface area contributed by atoms with Crippen LogP contribution in [0.15, 0.2) is 12.1 Å². The van der Waals surface area contributed by atoms with Crippen LogP contribution in [0.1, 0.15) is 52.4 Å². The Bertz CT molecular complexity index is 517. The monoisotopic (exact) mass is 640 g/mol. The average molecular weight is 640 g/mol. The lowest BCUT2D eigenvalue weighted by molar-refractivity contribution is -0.258. The molecule has 3 unspecified atom stereocenters. The van der Waals surface area contributed by atoms with Gasteiger partial charge in [0.15, 0.2) is 6.29 Å². The molecule has 1 saturated heterocycles. The highest BCUT2D eigenvalue weighted by molar-refractivity contribution is 14.1. The summed E-state index contributed by atoms with van der Waals surface area (Å²) in [6, 6.07) is 4.39. The fourth-order valence-electron chi connectivity index (χ4n) is 2.74. The van der Waals surface area contributed by atoms with Crippen molar-refractivity contribution in [3.05, 3.63) is 28.4 Å². The number of rotatable bonds is 4. The lowest BCUT2D eigenvalue weighted by Gasteiger charge is -2.38. The van der Waals surface area contributed by atoms with Crippen molar-refractivity contribution in [3.8, 4) is 0 Å². The molecule has 1 aromatic carbocycles. The zero-order valence-electron chi connectivity index (χ0n) is 13.4. The second-order valence-corrected chi connectivity index (χ2v) is 10.2. The van der Waals surface area contributed by atoms with Crippen LogP contribution in [-0.2, 0) is 9.47 Å². The zero-order chi connectivity index (χ0) is 16.4. The summed E-state index contributed by atoms with van der Waals surface area (Å²) in [4.78, 5) is 0. The van der Waals surface area contributed by atoms with E-state index in [0.29, 0.717) is 11.8 Å². The van der Waals surface area contributed by atoms with Gasteiger partial charge in [0.05, 0.1) is 12.2 Å². The second-order valence-electron chi connectivity index (χ2n) is 6.66. The molecule has 5 heteroatoms. The van der Waals surface area contributed by atoms with Gasteiger partial charge in [0.2, 0.25) is 0 Å². The van der Waals surface area contributed by atoms with Gasteiger partial charge in [0, 0.05) is 22.7 Å². The molecule has 2 nitrogen and oxygen atoms in total. The van der Waals surface area contributed by atoms with Crippen LogP contribution in [0, 0.1) is 22.5 Å². The molecular formula is C17H23I3O2. The van der Waals surface area contributed by atoms with Gasteiger partial charge in [-0.3, -0.25) is 0 Å². The molecule has 1 aromatic rings. The number of halogens is 3. The van der Waals surface area contributed by atoms with Gasteiger partial charge in [0.1, 0.15) is 0 Å². The summed E-state index contributed by atoms with van der Waals surface area (Å²) in [5, 5.41) is 0. The summed E-state index contributed by atoms with van der Waals surface area (Å²) in [5.41, 5.74) is 1.18. The molecule has 0 aliphatic carbocycles. The van der Waals surface area contributed by atoms with Gasteiger partial charge in [-0.05, 0) is 98.2 Å². The highest BCUT2D eigenvalue weighted by Crippen LogP contribution is 2.38. The molecule has 0 saturated carbocycles. The zero-order valence-corrected chi connectivity index (χ0v) is 19.9. The fraction of sp³-hybridized carbons (Fsp3) is 0.647. The van der Waals surface area contributed by atoms with E-state index in [2.05, 4.69) is 108 Å². The highest BCUT2D eigenvalue weighted by Gasteiger charge is 2.34. The molecule has 22 heavy (non-hydrogen) atoms. The summed E-state index contributed by atoms with van der Waals surface area (Å²) >= 11 is 7.17. The number of ether oxygens (including phenoxy) is 2. The van der Waals surface area contributed by atoms with Gasteiger partial charge < -0.3 is 9.47 Å². The van der Waals surface area contributed by atoms with E-state index < -0.39 is 0 Å². The van der Waals surface area contributed by atoms with Gasteiger partial charge in [-0.1, -0.05) is 27.7 Å². The Morgan fingerprint density at radius 3 is 2.36 bits per heavy atom. The minimum Gasteiger partial charge on any atom is -0.345 e. The lowest BCUT2D eigenvalue weighted by Crippen LogP contribution is -2.37. The highest BCUT2D eigenvalue weighted by atomic mass is 127. The molecule has 0 bridgehead atoms. The summed E-state index contributed by atoms with van der Waals surface area (Å²) in [7, 11) is 0. The van der Waals surface area contributed by atoms with Crippen LogP contribution < -0.4 is 0 Å². The van der Waals surface area contributed by atoms with Crippen molar-refractivity contribution in [3.63, 3.8) is 0 Å². The number of benzene rings is 1. The molecule has 0 aromatic heterocycles. The molecule has 0 spiro atoms. The van der Waals surface area contributed by atoms with E-state index in [0.717, 1.165) is 12.8 Å². The Kier molecular flexibility index (Phi) is 7.70. The maximum Gasteiger partial charge on any atom is 0.185 e. The SMILES string of the molecule is CC(C)CC1CC(C(C)C)OC(c2cc(I)cc(I)c2I)O1. The summed E-state index contributed by atoms with van der Waals surface area (Å²) in [5.74, 6) is 1.16. The first-order valence-corrected chi connectivity index (χ1v) is 11.0. The topological polar surface area (TPSA) is 18.5 Å². The normalized spacial score (nSPS) is 26.0. The minimum absolute atomic E-state index is 0.236. The van der Waals surface area contributed by atoms with Gasteiger partial charge in [-0.15, -0.1) is 0 Å². The lowest BCUT2D eigenvalue weighted by atomic mass is 9.94. The first-order chi connectivity index (χ1) is 10.3. The van der Waals surface area contributed by atoms with Crippen molar-refractivity contribution in [2.45, 2.75) is 59.0 Å². The maximum atomic E-state index is 6.32. The van der Waals surface area contributed by atoms with Crippen LogP contribution in [-0.4, -0.2) is 12.2 Å². The van der Waals surface area contributed by atoms with Gasteiger partial charge >= 0.3 is 0 Å². The van der Waals surface area contributed by atoms with Crippen molar-refractivity contribution < 1.29 is 9.47 Å². The van der Waals surface area contributed by atoms with Crippen molar-refractivity contribution in [1.29, 1.82) is 0 Å². The molecule has 0 N–H and O–H groups in total. The molecule has 1 heterocycles. The molecule has 0 amide bonds. The number of hydrogen-bond donors (Lipinski definition) is 0. The molecule has 0 radical (unpaired) electrons. The van der Waals surface area contributed by atoms with Gasteiger partial charge in [-0.2, -0.15) is 0 Å². The standard InChI is InChI=1S/C17H23I3O2/c1-9(2)5-12-8-15(10(3)4)22-17(21-12)13-6-11(18)7-14(19)16(13)20/h6-7,9-10,12,15,17H,5,8H2,1-4H3. The third-order valence-corrected chi connectivity index (χ3v) is 7.57. The van der Waals surface area contributed by atoms with Crippen LogP contribution in [0.25, 0.3) is 0 Å². The van der Waals surface area contributed by atoms with Crippen molar-refractivity contribution in [2.24, 2.45) is 11.8 Å². The first-order valence-electron chi connectivity index (χ1n) is 7.73. The maximum absolute atomic E-state index is 6.32. The minimum atomic E-state index is -0.236. The third kappa shape index (κ3) is 5.16. The van der Waals surface area contributed by atoms with Crippen LogP contribution in [0.2, 0.25) is 0 Å². The van der Waals surface area contributed by atoms with Crippen molar-refractivity contribution in [2.75, 3.05) is 0 Å². The summed E-state index contributed by atoms with van der Waals surface area (Å²) in [6.07, 6.45) is 2.43. The predicted octanol–water partition coefficient (Wildman–Crippen LogP) is 6.38. The molecular weight excluding hydrogens is 617 g/mol. The van der Waals surface area contributed by atoms with E-state index in [4.69, 9.17) is 9.47 Å². The predicted molar refractivity (Wildman–Crippen MR) is 116 cm³/mol. The smallest absolute Gasteiger partial charge is 0.185 e. The Labute approximate surface area is 174 Å². The van der Waals surface area contributed by atoms with Crippen molar-refractivity contribution in [1.82, 2.24) is 0 Å². The fourth-order valence-corrected chi connectivity index (χ4v) is 5.19. The third-order valence-electron chi connectivity index (χ3n) is 3.86. The van der Waals surface area contributed by atoms with Crippen LogP contribution in [0.4, 0.5) is 0 Å². The average Bonchev–Trinajstić information content (AvgIpc) is 2.41. The Hall–Kier alpha value is 1.33.